The van der Waals surface area contributed by atoms with Gasteiger partial charge in [-0.25, -0.2) is 0 Å². The lowest BCUT2D eigenvalue weighted by atomic mass is 9.92. The van der Waals surface area contributed by atoms with E-state index in [1.54, 1.807) is 0 Å². The van der Waals surface area contributed by atoms with Gasteiger partial charge in [-0.1, -0.05) is 71.4 Å². The Balaban J connectivity index is 3.57. The molecule has 0 heterocycles. The fourth-order valence-electron chi connectivity index (χ4n) is 2.14. The van der Waals surface area contributed by atoms with Gasteiger partial charge >= 0.3 is 0 Å². The Morgan fingerprint density at radius 3 is 2.20 bits per heavy atom. The minimum Gasteiger partial charge on any atom is -0.0888 e. The van der Waals surface area contributed by atoms with Crippen LogP contribution in [0.5, 0.6) is 0 Å². The molecule has 0 heteroatoms. The Bertz CT molecular complexity index is 135. The van der Waals surface area contributed by atoms with E-state index in [0.717, 1.165) is 5.92 Å². The van der Waals surface area contributed by atoms with E-state index in [1.807, 2.05) is 0 Å². The van der Waals surface area contributed by atoms with Gasteiger partial charge < -0.3 is 0 Å². The molecule has 0 aromatic rings. The molecule has 0 nitrogen and oxygen atoms in total. The van der Waals surface area contributed by atoms with Crippen molar-refractivity contribution >= 4 is 0 Å². The highest BCUT2D eigenvalue weighted by molar-refractivity contribution is 4.80. The summed E-state index contributed by atoms with van der Waals surface area (Å²) in [6, 6.07) is 0. The summed E-state index contributed by atoms with van der Waals surface area (Å²) in [4.78, 5) is 0. The van der Waals surface area contributed by atoms with Crippen molar-refractivity contribution in [1.29, 1.82) is 0 Å². The zero-order chi connectivity index (χ0) is 11.4. The van der Waals surface area contributed by atoms with Gasteiger partial charge in [0.15, 0.2) is 0 Å². The van der Waals surface area contributed by atoms with Crippen LogP contribution < -0.4 is 0 Å². The maximum atomic E-state index is 2.36. The summed E-state index contributed by atoms with van der Waals surface area (Å²) >= 11 is 0. The van der Waals surface area contributed by atoms with E-state index in [2.05, 4.69) is 32.9 Å². The van der Waals surface area contributed by atoms with Gasteiger partial charge in [-0.2, -0.15) is 0 Å². The third-order valence-corrected chi connectivity index (χ3v) is 3.06. The Morgan fingerprint density at radius 2 is 1.60 bits per heavy atom. The van der Waals surface area contributed by atoms with Crippen molar-refractivity contribution in [3.05, 3.63) is 12.2 Å². The van der Waals surface area contributed by atoms with Gasteiger partial charge in [-0.3, -0.25) is 0 Å². The lowest BCUT2D eigenvalue weighted by molar-refractivity contribution is 0.400. The Hall–Kier alpha value is -0.260. The Kier molecular flexibility index (Phi) is 11.6. The number of allylic oxidation sites excluding steroid dienone is 2. The third-order valence-electron chi connectivity index (χ3n) is 3.06. The molecule has 0 bridgehead atoms. The second kappa shape index (κ2) is 11.8. The maximum Gasteiger partial charge on any atom is -0.0348 e. The first-order valence-electron chi connectivity index (χ1n) is 7.00. The van der Waals surface area contributed by atoms with Gasteiger partial charge in [0.25, 0.3) is 0 Å². The SMILES string of the molecule is CC/C=C/CCC(CCC)CCCCC. The van der Waals surface area contributed by atoms with E-state index in [-0.39, 0.29) is 0 Å². The molecule has 0 aliphatic carbocycles. The van der Waals surface area contributed by atoms with Crippen LogP contribution in [-0.4, -0.2) is 0 Å². The summed E-state index contributed by atoms with van der Waals surface area (Å²) in [7, 11) is 0. The van der Waals surface area contributed by atoms with Crippen LogP contribution in [0, 0.1) is 5.92 Å². The maximum absolute atomic E-state index is 2.36. The second-order valence-corrected chi connectivity index (χ2v) is 4.61. The van der Waals surface area contributed by atoms with E-state index in [4.69, 9.17) is 0 Å². The van der Waals surface area contributed by atoms with E-state index in [1.165, 1.54) is 57.8 Å². The average molecular weight is 210 g/mol. The summed E-state index contributed by atoms with van der Waals surface area (Å²) in [5.74, 6) is 0.989. The Labute approximate surface area is 97.2 Å². The quantitative estimate of drug-likeness (QED) is 0.319. The molecule has 0 amide bonds. The molecule has 0 saturated heterocycles. The summed E-state index contributed by atoms with van der Waals surface area (Å²) in [6.45, 7) is 6.81. The van der Waals surface area contributed by atoms with Crippen molar-refractivity contribution in [1.82, 2.24) is 0 Å². The highest BCUT2D eigenvalue weighted by Crippen LogP contribution is 2.21. The molecule has 0 N–H and O–H groups in total. The van der Waals surface area contributed by atoms with Gasteiger partial charge in [-0.05, 0) is 25.2 Å². The van der Waals surface area contributed by atoms with Crippen molar-refractivity contribution in [2.75, 3.05) is 0 Å². The molecule has 0 aromatic carbocycles. The van der Waals surface area contributed by atoms with Crippen LogP contribution in [0.1, 0.15) is 78.6 Å². The minimum absolute atomic E-state index is 0.989. The van der Waals surface area contributed by atoms with Gasteiger partial charge in [-0.15, -0.1) is 0 Å². The molecule has 0 saturated carbocycles. The first-order chi connectivity index (χ1) is 7.35. The fraction of sp³-hybridized carbons (Fsp3) is 0.867. The molecular weight excluding hydrogens is 180 g/mol. The van der Waals surface area contributed by atoms with Crippen LogP contribution in [0.25, 0.3) is 0 Å². The first kappa shape index (κ1) is 14.7. The second-order valence-electron chi connectivity index (χ2n) is 4.61. The van der Waals surface area contributed by atoms with E-state index in [9.17, 15) is 0 Å². The van der Waals surface area contributed by atoms with Crippen LogP contribution in [0.15, 0.2) is 12.2 Å². The monoisotopic (exact) mass is 210 g/mol. The van der Waals surface area contributed by atoms with Crippen molar-refractivity contribution in [2.24, 2.45) is 5.92 Å². The zero-order valence-electron chi connectivity index (χ0n) is 11.1. The summed E-state index contributed by atoms with van der Waals surface area (Å²) in [6.07, 6.45) is 17.0. The van der Waals surface area contributed by atoms with Crippen LogP contribution >= 0.6 is 0 Å². The Morgan fingerprint density at radius 1 is 0.800 bits per heavy atom. The smallest absolute Gasteiger partial charge is 0.0348 e. The average Bonchev–Trinajstić information content (AvgIpc) is 2.24. The summed E-state index contributed by atoms with van der Waals surface area (Å²) in [5.41, 5.74) is 0. The van der Waals surface area contributed by atoms with Crippen LogP contribution in [-0.2, 0) is 0 Å². The number of rotatable bonds is 10. The van der Waals surface area contributed by atoms with Crippen LogP contribution in [0.3, 0.4) is 0 Å². The van der Waals surface area contributed by atoms with Crippen molar-refractivity contribution in [2.45, 2.75) is 78.6 Å². The van der Waals surface area contributed by atoms with Crippen molar-refractivity contribution in [3.8, 4) is 0 Å². The zero-order valence-corrected chi connectivity index (χ0v) is 11.1. The molecule has 0 spiro atoms. The van der Waals surface area contributed by atoms with E-state index < -0.39 is 0 Å². The van der Waals surface area contributed by atoms with Gasteiger partial charge in [0.2, 0.25) is 0 Å². The predicted octanol–water partition coefficient (Wildman–Crippen LogP) is 5.73. The first-order valence-corrected chi connectivity index (χ1v) is 7.00. The predicted molar refractivity (Wildman–Crippen MR) is 71.2 cm³/mol. The summed E-state index contributed by atoms with van der Waals surface area (Å²) < 4.78 is 0. The molecule has 1 atom stereocenters. The lowest BCUT2D eigenvalue weighted by Crippen LogP contribution is -1.99. The fourth-order valence-corrected chi connectivity index (χ4v) is 2.14. The molecule has 0 aliphatic rings. The molecule has 0 aliphatic heterocycles. The number of hydrogen-bond donors (Lipinski definition) is 0. The van der Waals surface area contributed by atoms with Gasteiger partial charge in [0.05, 0.1) is 0 Å². The highest BCUT2D eigenvalue weighted by atomic mass is 14.1. The molecule has 15 heavy (non-hydrogen) atoms. The molecule has 0 rings (SSSR count). The normalized spacial score (nSPS) is 13.5. The number of hydrogen-bond acceptors (Lipinski definition) is 0. The third kappa shape index (κ3) is 10.0. The molecule has 0 radical (unpaired) electrons. The number of unbranched alkanes of at least 4 members (excludes halogenated alkanes) is 2. The van der Waals surface area contributed by atoms with Crippen molar-refractivity contribution in [3.63, 3.8) is 0 Å². The molecular formula is C15H30. The van der Waals surface area contributed by atoms with E-state index >= 15 is 0 Å². The van der Waals surface area contributed by atoms with E-state index in [0.29, 0.717) is 0 Å². The van der Waals surface area contributed by atoms with Crippen LogP contribution in [0.4, 0.5) is 0 Å². The summed E-state index contributed by atoms with van der Waals surface area (Å²) in [5, 5.41) is 0. The van der Waals surface area contributed by atoms with Gasteiger partial charge in [0, 0.05) is 0 Å². The largest absolute Gasteiger partial charge is 0.0888 e. The standard InChI is InChI=1S/C15H30/c1-4-7-9-11-14-15(12-6-3)13-10-8-5-2/h7,9,15H,4-6,8,10-14H2,1-3H3/b9-7+. The van der Waals surface area contributed by atoms with Gasteiger partial charge in [0.1, 0.15) is 0 Å². The van der Waals surface area contributed by atoms with Crippen molar-refractivity contribution < 1.29 is 0 Å². The molecule has 0 fully saturated rings. The lowest BCUT2D eigenvalue weighted by Gasteiger charge is -2.14. The minimum atomic E-state index is 0.989. The molecule has 1 unspecified atom stereocenters. The molecule has 90 valence electrons. The van der Waals surface area contributed by atoms with Crippen LogP contribution in [0.2, 0.25) is 0 Å². The topological polar surface area (TPSA) is 0 Å². The highest BCUT2D eigenvalue weighted by Gasteiger charge is 2.05. The molecule has 0 aromatic heterocycles.